The van der Waals surface area contributed by atoms with Crippen LogP contribution in [0.3, 0.4) is 0 Å². The summed E-state index contributed by atoms with van der Waals surface area (Å²) in [7, 11) is 0. The number of quaternary nitrogens is 1. The molecule has 0 radical (unpaired) electrons. The molecule has 0 spiro atoms. The first-order chi connectivity index (χ1) is 4.75. The summed E-state index contributed by atoms with van der Waals surface area (Å²) in [5.41, 5.74) is 0. The van der Waals surface area contributed by atoms with Crippen molar-refractivity contribution < 1.29 is 14.8 Å². The van der Waals surface area contributed by atoms with Crippen molar-refractivity contribution in [2.24, 2.45) is 0 Å². The highest BCUT2D eigenvalue weighted by molar-refractivity contribution is 5.73. The molecule has 0 aromatic heterocycles. The molecule has 2 atom stereocenters. The first-order valence-electron chi connectivity index (χ1n) is 3.83. The number of rotatable bonds is 4. The van der Waals surface area contributed by atoms with Gasteiger partial charge in [-0.1, -0.05) is 13.3 Å². The molecule has 1 aliphatic heterocycles. The smallest absolute Gasteiger partial charge is 0.368 e. The maximum Gasteiger partial charge on any atom is 0.368 e. The van der Waals surface area contributed by atoms with E-state index >= 15 is 0 Å². The summed E-state index contributed by atoms with van der Waals surface area (Å²) in [6.07, 6.45) is 2.31. The fourth-order valence-corrected chi connectivity index (χ4v) is 1.15. The van der Waals surface area contributed by atoms with Gasteiger partial charge in [0.1, 0.15) is 6.54 Å². The maximum atomic E-state index is 10.3. The van der Waals surface area contributed by atoms with E-state index in [1.165, 1.54) is 4.90 Å². The van der Waals surface area contributed by atoms with Crippen molar-refractivity contribution in [1.82, 2.24) is 0 Å². The van der Waals surface area contributed by atoms with Crippen LogP contribution in [0.1, 0.15) is 19.8 Å². The van der Waals surface area contributed by atoms with Crippen LogP contribution in [0.2, 0.25) is 0 Å². The Labute approximate surface area is 60.6 Å². The average Bonchev–Trinajstić information content (AvgIpc) is 2.62. The van der Waals surface area contributed by atoms with Gasteiger partial charge in [-0.15, -0.1) is 0 Å². The van der Waals surface area contributed by atoms with Gasteiger partial charge >= 0.3 is 5.97 Å². The standard InChI is InChI=1S/C7H13NO2/c1-2-3-4-8-5-6(8)7(9)10/h6H,2-5H2,1H3,(H,9,10)/p+1. The van der Waals surface area contributed by atoms with Gasteiger partial charge < -0.3 is 10.0 Å². The first kappa shape index (κ1) is 7.54. The molecule has 3 nitrogen and oxygen atoms in total. The predicted octanol–water partition coefficient (Wildman–Crippen LogP) is -0.862. The fourth-order valence-electron chi connectivity index (χ4n) is 1.15. The normalized spacial score (nSPS) is 30.1. The zero-order chi connectivity index (χ0) is 7.56. The van der Waals surface area contributed by atoms with Gasteiger partial charge in [0.05, 0.1) is 6.54 Å². The summed E-state index contributed by atoms with van der Waals surface area (Å²) in [5.74, 6) is -0.633. The van der Waals surface area contributed by atoms with Crippen LogP contribution in [-0.4, -0.2) is 30.2 Å². The summed E-state index contributed by atoms with van der Waals surface area (Å²) in [6.45, 7) is 4.00. The summed E-state index contributed by atoms with van der Waals surface area (Å²) >= 11 is 0. The summed E-state index contributed by atoms with van der Waals surface area (Å²) in [4.78, 5) is 11.6. The number of hydrogen-bond donors (Lipinski definition) is 2. The van der Waals surface area contributed by atoms with Crippen LogP contribution in [0.15, 0.2) is 0 Å². The van der Waals surface area contributed by atoms with Gasteiger partial charge in [0.15, 0.2) is 0 Å². The minimum Gasteiger partial charge on any atom is -0.477 e. The Morgan fingerprint density at radius 2 is 2.50 bits per heavy atom. The van der Waals surface area contributed by atoms with E-state index in [1.807, 2.05) is 0 Å². The molecule has 1 aliphatic rings. The van der Waals surface area contributed by atoms with Crippen molar-refractivity contribution in [3.63, 3.8) is 0 Å². The van der Waals surface area contributed by atoms with Crippen molar-refractivity contribution in [3.05, 3.63) is 0 Å². The van der Waals surface area contributed by atoms with Crippen LogP contribution >= 0.6 is 0 Å². The van der Waals surface area contributed by atoms with Crippen molar-refractivity contribution in [2.45, 2.75) is 25.8 Å². The maximum absolute atomic E-state index is 10.3. The second kappa shape index (κ2) is 3.01. The first-order valence-corrected chi connectivity index (χ1v) is 3.83. The number of carboxylic acid groups (broad SMARTS) is 1. The second-order valence-corrected chi connectivity index (χ2v) is 2.86. The molecule has 0 amide bonds. The van der Waals surface area contributed by atoms with E-state index in [1.54, 1.807) is 0 Å². The average molecular weight is 144 g/mol. The Hall–Kier alpha value is -0.570. The molecule has 1 rings (SSSR count). The molecule has 1 heterocycles. The minimum atomic E-state index is -0.633. The van der Waals surface area contributed by atoms with Crippen LogP contribution < -0.4 is 4.90 Å². The Kier molecular flexibility index (Phi) is 2.27. The third-order valence-electron chi connectivity index (χ3n) is 1.95. The van der Waals surface area contributed by atoms with Gasteiger partial charge in [-0.05, 0) is 6.42 Å². The highest BCUT2D eigenvalue weighted by atomic mass is 16.4. The third kappa shape index (κ3) is 1.70. The van der Waals surface area contributed by atoms with Crippen LogP contribution in [0.4, 0.5) is 0 Å². The quantitative estimate of drug-likeness (QED) is 0.504. The fraction of sp³-hybridized carbons (Fsp3) is 0.857. The molecule has 0 aromatic rings. The molecule has 0 saturated carbocycles. The molecular weight excluding hydrogens is 130 g/mol. The number of nitrogens with one attached hydrogen (secondary N) is 1. The Morgan fingerprint density at radius 3 is 2.90 bits per heavy atom. The third-order valence-corrected chi connectivity index (χ3v) is 1.95. The Morgan fingerprint density at radius 1 is 1.80 bits per heavy atom. The number of carboxylic acids is 1. The monoisotopic (exact) mass is 144 g/mol. The molecule has 58 valence electrons. The van der Waals surface area contributed by atoms with E-state index in [0.29, 0.717) is 0 Å². The SMILES string of the molecule is CCCC[NH+]1CC1C(=O)O. The van der Waals surface area contributed by atoms with E-state index in [-0.39, 0.29) is 6.04 Å². The molecule has 0 bridgehead atoms. The minimum absolute atomic E-state index is 0.0773. The highest BCUT2D eigenvalue weighted by Gasteiger charge is 2.46. The van der Waals surface area contributed by atoms with E-state index < -0.39 is 5.97 Å². The van der Waals surface area contributed by atoms with Gasteiger partial charge in [-0.3, -0.25) is 0 Å². The number of aliphatic carboxylic acids is 1. The number of unbranched alkanes of at least 4 members (excludes halogenated alkanes) is 1. The van der Waals surface area contributed by atoms with Gasteiger partial charge in [-0.25, -0.2) is 4.79 Å². The Bertz CT molecular complexity index is 136. The molecule has 2 N–H and O–H groups in total. The van der Waals surface area contributed by atoms with E-state index in [9.17, 15) is 4.79 Å². The van der Waals surface area contributed by atoms with Crippen molar-refractivity contribution in [2.75, 3.05) is 13.1 Å². The van der Waals surface area contributed by atoms with Crippen LogP contribution in [0.25, 0.3) is 0 Å². The van der Waals surface area contributed by atoms with E-state index in [0.717, 1.165) is 25.9 Å². The van der Waals surface area contributed by atoms with Crippen LogP contribution in [0.5, 0.6) is 0 Å². The van der Waals surface area contributed by atoms with E-state index in [4.69, 9.17) is 5.11 Å². The summed E-state index contributed by atoms with van der Waals surface area (Å²) < 4.78 is 0. The largest absolute Gasteiger partial charge is 0.477 e. The van der Waals surface area contributed by atoms with Gasteiger partial charge in [0.2, 0.25) is 6.04 Å². The zero-order valence-electron chi connectivity index (χ0n) is 6.26. The molecule has 2 unspecified atom stereocenters. The topological polar surface area (TPSA) is 41.7 Å². The lowest BCUT2D eigenvalue weighted by Gasteiger charge is -1.93. The predicted molar refractivity (Wildman–Crippen MR) is 37.0 cm³/mol. The lowest BCUT2D eigenvalue weighted by atomic mass is 10.3. The molecule has 10 heavy (non-hydrogen) atoms. The lowest BCUT2D eigenvalue weighted by molar-refractivity contribution is -0.769. The lowest BCUT2D eigenvalue weighted by Crippen LogP contribution is -2.95. The van der Waals surface area contributed by atoms with Gasteiger partial charge in [0.25, 0.3) is 0 Å². The molecule has 1 fully saturated rings. The number of carbonyl (C=O) groups is 1. The molecule has 0 aliphatic carbocycles. The molecule has 0 aromatic carbocycles. The number of hydrogen-bond acceptors (Lipinski definition) is 1. The van der Waals surface area contributed by atoms with Crippen molar-refractivity contribution in [3.8, 4) is 0 Å². The molecule has 1 saturated heterocycles. The molecule has 3 heteroatoms. The summed E-state index contributed by atoms with van der Waals surface area (Å²) in [6, 6.07) is -0.0773. The summed E-state index contributed by atoms with van der Waals surface area (Å²) in [5, 5.41) is 8.50. The Balaban J connectivity index is 2.08. The van der Waals surface area contributed by atoms with Gasteiger partial charge in [0, 0.05) is 0 Å². The highest BCUT2D eigenvalue weighted by Crippen LogP contribution is 1.90. The van der Waals surface area contributed by atoms with E-state index in [2.05, 4.69) is 6.92 Å². The van der Waals surface area contributed by atoms with Gasteiger partial charge in [-0.2, -0.15) is 0 Å². The van der Waals surface area contributed by atoms with Crippen LogP contribution in [-0.2, 0) is 4.79 Å². The second-order valence-electron chi connectivity index (χ2n) is 2.86. The van der Waals surface area contributed by atoms with Crippen molar-refractivity contribution >= 4 is 5.97 Å². The van der Waals surface area contributed by atoms with Crippen molar-refractivity contribution in [1.29, 1.82) is 0 Å². The molecular formula is C7H14NO2+. The van der Waals surface area contributed by atoms with Crippen LogP contribution in [0, 0.1) is 0 Å². The zero-order valence-corrected chi connectivity index (χ0v) is 6.26.